The van der Waals surface area contributed by atoms with Gasteiger partial charge in [0.15, 0.2) is 0 Å². The number of halogens is 4. The van der Waals surface area contributed by atoms with Crippen LogP contribution in [0.4, 0.5) is 17.6 Å². The van der Waals surface area contributed by atoms with Crippen LogP contribution < -0.4 is 0 Å². The Labute approximate surface area is 337 Å². The smallest absolute Gasteiger partial charge is 0.240 e. The number of piperidine rings is 2. The number of benzene rings is 4. The van der Waals surface area contributed by atoms with Crippen LogP contribution in [-0.4, -0.2) is 105 Å². The van der Waals surface area contributed by atoms with Crippen molar-refractivity contribution in [3.63, 3.8) is 0 Å². The Balaban J connectivity index is 0.000000177. The van der Waals surface area contributed by atoms with E-state index < -0.39 is 12.3 Å². The number of rotatable bonds is 8. The molecule has 4 heterocycles. The fourth-order valence-corrected chi connectivity index (χ4v) is 9.28. The van der Waals surface area contributed by atoms with E-state index in [1.165, 1.54) is 24.3 Å². The number of alkyl halides is 2. The maximum absolute atomic E-state index is 15.0. The monoisotopic (exact) mass is 800 g/mol. The predicted octanol–water partition coefficient (Wildman–Crippen LogP) is 8.04. The van der Waals surface area contributed by atoms with Gasteiger partial charge in [0.1, 0.15) is 35.5 Å². The average molecular weight is 801 g/mol. The van der Waals surface area contributed by atoms with Crippen LogP contribution in [0.5, 0.6) is 11.5 Å². The minimum Gasteiger partial charge on any atom is -0.508 e. The summed E-state index contributed by atoms with van der Waals surface area (Å²) in [5.41, 5.74) is 3.57. The highest BCUT2D eigenvalue weighted by Gasteiger charge is 2.43. The Bertz CT molecular complexity index is 1860. The number of hydrogen-bond donors (Lipinski definition) is 2. The van der Waals surface area contributed by atoms with Crippen LogP contribution in [0.15, 0.2) is 97.1 Å². The predicted molar refractivity (Wildman–Crippen MR) is 214 cm³/mol. The molecule has 4 saturated heterocycles. The molecular weight excluding hydrogens is 749 g/mol. The minimum absolute atomic E-state index is 0.0251. The van der Waals surface area contributed by atoms with Gasteiger partial charge in [0.2, 0.25) is 11.8 Å². The first kappa shape index (κ1) is 41.2. The number of phenols is 2. The maximum Gasteiger partial charge on any atom is 0.240 e. The molecule has 58 heavy (non-hydrogen) atoms. The van der Waals surface area contributed by atoms with E-state index in [1.54, 1.807) is 72.8 Å². The second kappa shape index (κ2) is 17.9. The molecule has 4 aliphatic rings. The van der Waals surface area contributed by atoms with E-state index in [1.807, 2.05) is 33.4 Å². The summed E-state index contributed by atoms with van der Waals surface area (Å²) in [5.74, 6) is -0.611. The highest BCUT2D eigenvalue weighted by Crippen LogP contribution is 2.37. The van der Waals surface area contributed by atoms with E-state index in [0.29, 0.717) is 51.9 Å². The number of aromatic hydroxyl groups is 2. The van der Waals surface area contributed by atoms with Gasteiger partial charge in [-0.05, 0) is 123 Å². The zero-order chi connectivity index (χ0) is 41.1. The van der Waals surface area contributed by atoms with Crippen molar-refractivity contribution >= 4 is 11.8 Å². The lowest BCUT2D eigenvalue weighted by atomic mass is 9.87. The van der Waals surface area contributed by atoms with Crippen molar-refractivity contribution in [3.8, 4) is 11.5 Å². The van der Waals surface area contributed by atoms with Crippen LogP contribution in [0.3, 0.4) is 0 Å². The largest absolute Gasteiger partial charge is 0.508 e. The lowest BCUT2D eigenvalue weighted by molar-refractivity contribution is -0.135. The van der Waals surface area contributed by atoms with Crippen LogP contribution in [-0.2, 0) is 9.59 Å². The van der Waals surface area contributed by atoms with Gasteiger partial charge in [0.25, 0.3) is 0 Å². The highest BCUT2D eigenvalue weighted by molar-refractivity contribution is 5.85. The number of nitrogens with zero attached hydrogens (tertiary/aromatic N) is 4. The van der Waals surface area contributed by atoms with Gasteiger partial charge < -0.3 is 20.0 Å². The number of hydrogen-bond acceptors (Lipinski definition) is 6. The second-order valence-corrected chi connectivity index (χ2v) is 16.1. The van der Waals surface area contributed by atoms with Crippen molar-refractivity contribution in [2.24, 2.45) is 0 Å². The number of likely N-dealkylation sites (tertiary alicyclic amines) is 4. The number of carbonyl (C=O) groups excluding carboxylic acids is 2. The van der Waals surface area contributed by atoms with E-state index in [4.69, 9.17) is 0 Å². The molecule has 12 heteroatoms. The van der Waals surface area contributed by atoms with Gasteiger partial charge in [-0.2, -0.15) is 0 Å². The maximum atomic E-state index is 15.0. The Hall–Kier alpha value is -4.94. The third kappa shape index (κ3) is 9.03. The molecule has 8 nitrogen and oxygen atoms in total. The Morgan fingerprint density at radius 2 is 0.862 bits per heavy atom. The molecule has 4 aliphatic heterocycles. The quantitative estimate of drug-likeness (QED) is 0.176. The van der Waals surface area contributed by atoms with Crippen LogP contribution >= 0.6 is 0 Å². The normalized spacial score (nSPS) is 26.7. The first-order valence-corrected chi connectivity index (χ1v) is 20.3. The molecule has 8 atom stereocenters. The second-order valence-electron chi connectivity index (χ2n) is 16.1. The fraction of sp³-hybridized carbons (Fsp3) is 0.435. The van der Waals surface area contributed by atoms with Crippen LogP contribution in [0.2, 0.25) is 0 Å². The fourth-order valence-electron chi connectivity index (χ4n) is 9.28. The van der Waals surface area contributed by atoms with Gasteiger partial charge in [-0.15, -0.1) is 0 Å². The van der Waals surface area contributed by atoms with E-state index in [-0.39, 0.29) is 84.0 Å². The van der Waals surface area contributed by atoms with Gasteiger partial charge in [-0.25, -0.2) is 17.6 Å². The highest BCUT2D eigenvalue weighted by atomic mass is 19.1. The summed E-state index contributed by atoms with van der Waals surface area (Å²) < 4.78 is 56.3. The number of phenolic OH excluding ortho intramolecular Hbond substituents is 2. The SMILES string of the molecule is CC(c1ccc(F)cc1)N1CC[C@@H](N2CC[C@@H](c3ccc(O)cc3)[C@H](F)C2)C1=O.CC(c1ccc(F)cc1)N1CC[C@H](N2CC[C@@H](c3ccc(O)cc3)[C@H](F)C2)C1=O. The van der Waals surface area contributed by atoms with Crippen molar-refractivity contribution in [1.82, 2.24) is 19.6 Å². The van der Waals surface area contributed by atoms with Crippen LogP contribution in [0.1, 0.15) is 85.7 Å². The van der Waals surface area contributed by atoms with E-state index in [9.17, 15) is 37.4 Å². The third-order valence-electron chi connectivity index (χ3n) is 12.7. The van der Waals surface area contributed by atoms with Crippen LogP contribution in [0, 0.1) is 11.6 Å². The minimum atomic E-state index is -1.05. The Morgan fingerprint density at radius 1 is 0.517 bits per heavy atom. The molecule has 4 aromatic rings. The van der Waals surface area contributed by atoms with E-state index in [2.05, 4.69) is 0 Å². The summed E-state index contributed by atoms with van der Waals surface area (Å²) in [6.07, 6.45) is 0.545. The molecule has 0 spiro atoms. The molecule has 2 N–H and O–H groups in total. The van der Waals surface area contributed by atoms with Crippen LogP contribution in [0.25, 0.3) is 0 Å². The summed E-state index contributed by atoms with van der Waals surface area (Å²) in [5, 5.41) is 18.9. The van der Waals surface area contributed by atoms with Crippen molar-refractivity contribution in [2.45, 2.75) is 87.9 Å². The molecule has 0 aliphatic carbocycles. The van der Waals surface area contributed by atoms with Gasteiger partial charge in [-0.3, -0.25) is 19.4 Å². The van der Waals surface area contributed by atoms with Gasteiger partial charge in [0.05, 0.1) is 24.2 Å². The Morgan fingerprint density at radius 3 is 1.19 bits per heavy atom. The van der Waals surface area contributed by atoms with Gasteiger partial charge in [-0.1, -0.05) is 48.5 Å². The van der Waals surface area contributed by atoms with Gasteiger partial charge in [0, 0.05) is 38.0 Å². The summed E-state index contributed by atoms with van der Waals surface area (Å²) in [7, 11) is 0. The van der Waals surface area contributed by atoms with Gasteiger partial charge >= 0.3 is 0 Å². The molecule has 4 fully saturated rings. The topological polar surface area (TPSA) is 87.6 Å². The first-order valence-electron chi connectivity index (χ1n) is 20.3. The van der Waals surface area contributed by atoms with Crippen molar-refractivity contribution in [3.05, 3.63) is 131 Å². The lowest BCUT2D eigenvalue weighted by Gasteiger charge is -2.38. The molecule has 4 aromatic carbocycles. The molecule has 2 amide bonds. The molecule has 0 bridgehead atoms. The van der Waals surface area contributed by atoms with E-state index >= 15 is 0 Å². The number of carbonyl (C=O) groups is 2. The molecule has 0 aromatic heterocycles. The zero-order valence-electron chi connectivity index (χ0n) is 32.9. The third-order valence-corrected chi connectivity index (χ3v) is 12.7. The Kier molecular flexibility index (Phi) is 12.7. The molecule has 0 radical (unpaired) electrons. The summed E-state index contributed by atoms with van der Waals surface area (Å²) >= 11 is 0. The summed E-state index contributed by atoms with van der Waals surface area (Å²) in [6.45, 7) is 6.95. The lowest BCUT2D eigenvalue weighted by Crippen LogP contribution is -2.49. The molecule has 0 saturated carbocycles. The average Bonchev–Trinajstić information content (AvgIpc) is 3.81. The molecule has 2 unspecified atom stereocenters. The van der Waals surface area contributed by atoms with Crippen molar-refractivity contribution in [2.75, 3.05) is 39.3 Å². The number of amides is 2. The first-order chi connectivity index (χ1) is 27.9. The summed E-state index contributed by atoms with van der Waals surface area (Å²) in [6, 6.07) is 25.1. The summed E-state index contributed by atoms with van der Waals surface area (Å²) in [4.78, 5) is 33.7. The van der Waals surface area contributed by atoms with E-state index in [0.717, 1.165) is 22.3 Å². The zero-order valence-corrected chi connectivity index (χ0v) is 32.9. The standard InChI is InChI=1S/2C23H26F2N2O2/c2*1-15(16-2-6-18(24)7-3-16)27-13-11-22(23(27)29)26-12-10-20(21(25)14-26)17-4-8-19(28)9-5-17/h2*2-9,15,20-22,28H,10-14H2,1H3/t15?,20-,21+,22+;15?,20-,21+,22-/m00/s1. The van der Waals surface area contributed by atoms with Crippen molar-refractivity contribution in [1.29, 1.82) is 0 Å². The molecule has 308 valence electrons. The molecular formula is C46H52F4N4O4. The van der Waals surface area contributed by atoms with Crippen molar-refractivity contribution < 1.29 is 37.4 Å². The molecule has 8 rings (SSSR count).